The maximum absolute atomic E-state index is 13.7. The number of benzene rings is 2. The Morgan fingerprint density at radius 1 is 1.05 bits per heavy atom. The number of hydrogen-bond acceptors (Lipinski definition) is 5. The average molecular weight is 501 g/mol. The predicted molar refractivity (Wildman–Crippen MR) is 148 cm³/mol. The van der Waals surface area contributed by atoms with Gasteiger partial charge < -0.3 is 15.0 Å². The van der Waals surface area contributed by atoms with Gasteiger partial charge in [-0.25, -0.2) is 9.78 Å². The van der Waals surface area contributed by atoms with E-state index in [-0.39, 0.29) is 23.0 Å². The topological polar surface area (TPSA) is 96.6 Å². The Kier molecular flexibility index (Phi) is 7.68. The van der Waals surface area contributed by atoms with Crippen LogP contribution in [-0.4, -0.2) is 32.4 Å². The number of carboxylic acid groups (broad SMARTS) is 1. The molecule has 2 aromatic carbocycles. The molecule has 0 bridgehead atoms. The van der Waals surface area contributed by atoms with E-state index >= 15 is 0 Å². The highest BCUT2D eigenvalue weighted by molar-refractivity contribution is 5.95. The lowest BCUT2D eigenvalue weighted by Crippen LogP contribution is -2.33. The van der Waals surface area contributed by atoms with Gasteiger partial charge in [0.25, 0.3) is 5.56 Å². The maximum Gasteiger partial charge on any atom is 0.337 e. The van der Waals surface area contributed by atoms with Gasteiger partial charge in [-0.2, -0.15) is 0 Å². The fourth-order valence-electron chi connectivity index (χ4n) is 5.80. The lowest BCUT2D eigenvalue weighted by Gasteiger charge is -2.33. The van der Waals surface area contributed by atoms with Crippen molar-refractivity contribution >= 4 is 34.2 Å². The highest BCUT2D eigenvalue weighted by atomic mass is 16.4. The SMILES string of the molecule is C[C@@H](CC1CCC1=NC1CCCCCCC1)n1c(=O)c(Nc2ccccc2C(=O)O)nc2ccccc21. The fourth-order valence-corrected chi connectivity index (χ4v) is 5.80. The minimum absolute atomic E-state index is 0.0523. The summed E-state index contributed by atoms with van der Waals surface area (Å²) in [6.45, 7) is 2.09. The molecule has 5 rings (SSSR count). The zero-order valence-corrected chi connectivity index (χ0v) is 21.5. The van der Waals surface area contributed by atoms with E-state index in [4.69, 9.17) is 4.99 Å². The van der Waals surface area contributed by atoms with Crippen LogP contribution in [0.25, 0.3) is 11.0 Å². The van der Waals surface area contributed by atoms with Crippen LogP contribution in [0.1, 0.15) is 87.5 Å². The molecule has 0 amide bonds. The molecule has 37 heavy (non-hydrogen) atoms. The first-order valence-corrected chi connectivity index (χ1v) is 13.7. The molecule has 1 aromatic heterocycles. The molecule has 2 N–H and O–H groups in total. The summed E-state index contributed by atoms with van der Waals surface area (Å²) in [4.78, 5) is 35.2. The van der Waals surface area contributed by atoms with Gasteiger partial charge in [0, 0.05) is 17.8 Å². The lowest BCUT2D eigenvalue weighted by atomic mass is 9.78. The van der Waals surface area contributed by atoms with Crippen LogP contribution in [0.3, 0.4) is 0 Å². The van der Waals surface area contributed by atoms with E-state index in [0.29, 0.717) is 23.2 Å². The number of nitrogens with one attached hydrogen (secondary N) is 1. The van der Waals surface area contributed by atoms with Crippen LogP contribution in [0.5, 0.6) is 0 Å². The molecule has 0 radical (unpaired) electrons. The van der Waals surface area contributed by atoms with Gasteiger partial charge in [-0.05, 0) is 69.2 Å². The van der Waals surface area contributed by atoms with E-state index in [1.54, 1.807) is 18.2 Å². The first-order chi connectivity index (χ1) is 18.0. The number of carbonyl (C=O) groups is 1. The van der Waals surface area contributed by atoms with Gasteiger partial charge in [0.05, 0.1) is 22.3 Å². The molecule has 2 saturated carbocycles. The normalized spacial score (nSPS) is 20.7. The van der Waals surface area contributed by atoms with E-state index in [1.165, 1.54) is 56.7 Å². The van der Waals surface area contributed by atoms with Gasteiger partial charge >= 0.3 is 5.97 Å². The van der Waals surface area contributed by atoms with E-state index < -0.39 is 5.97 Å². The molecule has 7 nitrogen and oxygen atoms in total. The van der Waals surface area contributed by atoms with Gasteiger partial charge in [0.15, 0.2) is 5.82 Å². The molecule has 7 heteroatoms. The third kappa shape index (κ3) is 5.60. The molecule has 194 valence electrons. The number of carboxylic acids is 1. The third-order valence-electron chi connectivity index (χ3n) is 7.92. The van der Waals surface area contributed by atoms with Crippen molar-refractivity contribution in [2.75, 3.05) is 5.32 Å². The van der Waals surface area contributed by atoms with Crippen LogP contribution in [0.4, 0.5) is 11.5 Å². The van der Waals surface area contributed by atoms with Crippen LogP contribution < -0.4 is 10.9 Å². The fraction of sp³-hybridized carbons (Fsp3) is 0.467. The van der Waals surface area contributed by atoms with E-state index in [2.05, 4.69) is 17.2 Å². The number of nitrogens with zero attached hydrogens (tertiary/aromatic N) is 3. The molecule has 1 heterocycles. The average Bonchev–Trinajstić information content (AvgIpc) is 2.86. The molecule has 0 spiro atoms. The van der Waals surface area contributed by atoms with Crippen molar-refractivity contribution in [1.29, 1.82) is 0 Å². The standard InChI is InChI=1S/C30H36N4O3/c1-20(19-21-17-18-24(21)31-22-11-5-3-2-4-6-12-22)34-27-16-10-9-15-26(27)33-28(29(34)35)32-25-14-8-7-13-23(25)30(36)37/h7-10,13-16,20-22H,2-6,11-12,17-19H2,1H3,(H,32,33)(H,36,37)/t20-,21?/m0/s1. The quantitative estimate of drug-likeness (QED) is 0.374. The summed E-state index contributed by atoms with van der Waals surface area (Å²) in [5.41, 5.74) is 3.01. The number of aliphatic imine (C=N–C) groups is 1. The molecule has 2 aliphatic carbocycles. The second-order valence-corrected chi connectivity index (χ2v) is 10.5. The molecule has 0 aliphatic heterocycles. The molecular weight excluding hydrogens is 464 g/mol. The van der Waals surface area contributed by atoms with Gasteiger partial charge in [0.1, 0.15) is 0 Å². The monoisotopic (exact) mass is 500 g/mol. The van der Waals surface area contributed by atoms with E-state index in [9.17, 15) is 14.7 Å². The van der Waals surface area contributed by atoms with Crippen molar-refractivity contribution < 1.29 is 9.90 Å². The highest BCUT2D eigenvalue weighted by Crippen LogP contribution is 2.34. The van der Waals surface area contributed by atoms with E-state index in [0.717, 1.165) is 24.8 Å². The third-order valence-corrected chi connectivity index (χ3v) is 7.92. The number of para-hydroxylation sites is 3. The second kappa shape index (κ2) is 11.3. The lowest BCUT2D eigenvalue weighted by molar-refractivity contribution is 0.0698. The van der Waals surface area contributed by atoms with Crippen molar-refractivity contribution in [3.05, 3.63) is 64.4 Å². The summed E-state index contributed by atoms with van der Waals surface area (Å²) in [5, 5.41) is 12.6. The first kappa shape index (κ1) is 25.2. The van der Waals surface area contributed by atoms with Crippen molar-refractivity contribution in [3.8, 4) is 0 Å². The largest absolute Gasteiger partial charge is 0.478 e. The van der Waals surface area contributed by atoms with Crippen LogP contribution in [0, 0.1) is 5.92 Å². The van der Waals surface area contributed by atoms with Gasteiger partial charge in [-0.3, -0.25) is 9.79 Å². The smallest absolute Gasteiger partial charge is 0.337 e. The number of fused-ring (bicyclic) bond motifs is 1. The second-order valence-electron chi connectivity index (χ2n) is 10.5. The molecule has 2 atom stereocenters. The molecule has 1 unspecified atom stereocenters. The van der Waals surface area contributed by atoms with E-state index in [1.807, 2.05) is 28.8 Å². The number of aromatic carboxylic acids is 1. The Balaban J connectivity index is 1.42. The number of rotatable bonds is 7. The zero-order valence-electron chi connectivity index (χ0n) is 21.5. The van der Waals surface area contributed by atoms with Crippen LogP contribution in [0.2, 0.25) is 0 Å². The minimum Gasteiger partial charge on any atom is -0.478 e. The van der Waals surface area contributed by atoms with Crippen molar-refractivity contribution in [2.24, 2.45) is 10.9 Å². The summed E-state index contributed by atoms with van der Waals surface area (Å²) >= 11 is 0. The molecular formula is C30H36N4O3. The Hall–Kier alpha value is -3.48. The van der Waals surface area contributed by atoms with Crippen LogP contribution in [0.15, 0.2) is 58.3 Å². The summed E-state index contributed by atoms with van der Waals surface area (Å²) in [5.74, 6) is -0.515. The predicted octanol–water partition coefficient (Wildman–Crippen LogP) is 6.75. The summed E-state index contributed by atoms with van der Waals surface area (Å²) in [7, 11) is 0. The Morgan fingerprint density at radius 3 is 2.49 bits per heavy atom. The van der Waals surface area contributed by atoms with Crippen LogP contribution in [-0.2, 0) is 0 Å². The number of aromatic nitrogens is 2. The van der Waals surface area contributed by atoms with Crippen molar-refractivity contribution in [3.63, 3.8) is 0 Å². The summed E-state index contributed by atoms with van der Waals surface area (Å²) in [6.07, 6.45) is 12.0. The summed E-state index contributed by atoms with van der Waals surface area (Å²) < 4.78 is 1.82. The summed E-state index contributed by atoms with van der Waals surface area (Å²) in [6, 6.07) is 14.6. The Morgan fingerprint density at radius 2 is 1.76 bits per heavy atom. The van der Waals surface area contributed by atoms with Gasteiger partial charge in [-0.15, -0.1) is 0 Å². The van der Waals surface area contributed by atoms with Crippen LogP contribution >= 0.6 is 0 Å². The number of hydrogen-bond donors (Lipinski definition) is 2. The van der Waals surface area contributed by atoms with Gasteiger partial charge in [0.2, 0.25) is 0 Å². The molecule has 3 aromatic rings. The van der Waals surface area contributed by atoms with Crippen molar-refractivity contribution in [2.45, 2.75) is 83.2 Å². The zero-order chi connectivity index (χ0) is 25.8. The highest BCUT2D eigenvalue weighted by Gasteiger charge is 2.30. The maximum atomic E-state index is 13.7. The Bertz CT molecular complexity index is 1350. The van der Waals surface area contributed by atoms with Gasteiger partial charge in [-0.1, -0.05) is 56.4 Å². The molecule has 0 saturated heterocycles. The Labute approximate surface area is 217 Å². The molecule has 2 fully saturated rings. The molecule has 2 aliphatic rings. The first-order valence-electron chi connectivity index (χ1n) is 13.7. The minimum atomic E-state index is -1.06. The number of anilines is 2. The van der Waals surface area contributed by atoms with Crippen molar-refractivity contribution in [1.82, 2.24) is 9.55 Å².